The van der Waals surface area contributed by atoms with Gasteiger partial charge in [-0.25, -0.2) is 9.97 Å². The van der Waals surface area contributed by atoms with Gasteiger partial charge in [-0.2, -0.15) is 0 Å². The average molecular weight is 654 g/mol. The van der Waals surface area contributed by atoms with Gasteiger partial charge in [0.2, 0.25) is 5.95 Å². The lowest BCUT2D eigenvalue weighted by molar-refractivity contribution is 0.669. The highest BCUT2D eigenvalue weighted by Crippen LogP contribution is 2.49. The normalized spacial score (nSPS) is 13.3. The third-order valence-electron chi connectivity index (χ3n) is 10.8. The molecule has 0 radical (unpaired) electrons. The van der Waals surface area contributed by atoms with Crippen molar-refractivity contribution in [1.29, 1.82) is 0 Å². The number of hydrogen-bond acceptors (Lipinski definition) is 4. The summed E-state index contributed by atoms with van der Waals surface area (Å²) in [6, 6.07) is 44.5. The lowest BCUT2D eigenvalue weighted by Crippen LogP contribution is -2.06. The first-order valence-electron chi connectivity index (χ1n) is 17.5. The summed E-state index contributed by atoms with van der Waals surface area (Å²) in [5, 5.41) is 9.78. The second kappa shape index (κ2) is 9.93. The van der Waals surface area contributed by atoms with E-state index in [1.165, 1.54) is 11.1 Å². The third-order valence-corrected chi connectivity index (χ3v) is 10.8. The van der Waals surface area contributed by atoms with Crippen molar-refractivity contribution in [2.45, 2.75) is 12.8 Å². The molecule has 0 unspecified atom stereocenters. The minimum atomic E-state index is 0.643. The topological polar surface area (TPSA) is 57.0 Å². The van der Waals surface area contributed by atoms with Gasteiger partial charge in [0.05, 0.1) is 27.6 Å². The molecule has 5 heteroatoms. The molecule has 51 heavy (non-hydrogen) atoms. The summed E-state index contributed by atoms with van der Waals surface area (Å²) in [5.41, 5.74) is 11.0. The van der Waals surface area contributed by atoms with Crippen LogP contribution < -0.4 is 0 Å². The zero-order chi connectivity index (χ0) is 33.2. The minimum Gasteiger partial charge on any atom is -0.456 e. The molecule has 12 rings (SSSR count). The number of benzene rings is 7. The van der Waals surface area contributed by atoms with Gasteiger partial charge in [-0.05, 0) is 60.4 Å². The second-order valence-electron chi connectivity index (χ2n) is 13.5. The highest BCUT2D eigenvalue weighted by Gasteiger charge is 2.27. The molecule has 0 saturated carbocycles. The van der Waals surface area contributed by atoms with E-state index in [0.717, 1.165) is 111 Å². The maximum Gasteiger partial charge on any atom is 0.235 e. The number of fused-ring (bicyclic) bond motifs is 17. The number of nitrogens with zero attached hydrogens (tertiary/aromatic N) is 3. The van der Waals surface area contributed by atoms with Crippen LogP contribution in [0.5, 0.6) is 0 Å². The summed E-state index contributed by atoms with van der Waals surface area (Å²) >= 11 is 0. The summed E-state index contributed by atoms with van der Waals surface area (Å²) in [6.07, 6.45) is 6.42. The summed E-state index contributed by atoms with van der Waals surface area (Å²) in [5.74, 6) is 0.643. The molecule has 0 atom stereocenters. The average Bonchev–Trinajstić information content (AvgIpc) is 3.88. The number of aromatic nitrogens is 3. The Labute approximate surface area is 290 Å². The number of hydrogen-bond donors (Lipinski definition) is 0. The highest BCUT2D eigenvalue weighted by molar-refractivity contribution is 6.40. The van der Waals surface area contributed by atoms with Crippen LogP contribution in [0.3, 0.4) is 0 Å². The summed E-state index contributed by atoms with van der Waals surface area (Å²) in [7, 11) is 0. The van der Waals surface area contributed by atoms with E-state index in [2.05, 4.69) is 126 Å². The SMILES string of the molecule is C1=Cc2ccc3c(-c4ccccc4)nc(-n4c5ccccc5c5c6oc7ccccc7c6c6c(ccc7oc8ccccc8c76)c54)nc3c2CC1. The van der Waals surface area contributed by atoms with Gasteiger partial charge >= 0.3 is 0 Å². The maximum atomic E-state index is 6.91. The van der Waals surface area contributed by atoms with Crippen molar-refractivity contribution in [3.63, 3.8) is 0 Å². The van der Waals surface area contributed by atoms with Crippen LogP contribution in [-0.4, -0.2) is 14.5 Å². The van der Waals surface area contributed by atoms with Crippen LogP contribution in [-0.2, 0) is 6.42 Å². The molecular formula is C46H27N3O2. The maximum absolute atomic E-state index is 6.91. The number of allylic oxidation sites excluding steroid dienone is 1. The van der Waals surface area contributed by atoms with Gasteiger partial charge in [0.1, 0.15) is 22.3 Å². The molecular weight excluding hydrogens is 627 g/mol. The van der Waals surface area contributed by atoms with Crippen LogP contribution in [0.2, 0.25) is 0 Å². The van der Waals surface area contributed by atoms with Crippen LogP contribution in [0.4, 0.5) is 0 Å². The molecule has 4 heterocycles. The molecule has 0 bridgehead atoms. The fourth-order valence-corrected chi connectivity index (χ4v) is 8.70. The summed E-state index contributed by atoms with van der Waals surface area (Å²) in [6.45, 7) is 0. The molecule has 1 aliphatic carbocycles. The third kappa shape index (κ3) is 3.59. The van der Waals surface area contributed by atoms with E-state index in [4.69, 9.17) is 18.8 Å². The van der Waals surface area contributed by atoms with Crippen LogP contribution in [0.25, 0.3) is 111 Å². The zero-order valence-corrected chi connectivity index (χ0v) is 27.4. The van der Waals surface area contributed by atoms with Gasteiger partial charge in [-0.1, -0.05) is 103 Å². The smallest absolute Gasteiger partial charge is 0.235 e. The van der Waals surface area contributed by atoms with Gasteiger partial charge in [0, 0.05) is 48.7 Å². The van der Waals surface area contributed by atoms with E-state index in [1.54, 1.807) is 0 Å². The first-order chi connectivity index (χ1) is 25.3. The van der Waals surface area contributed by atoms with Gasteiger partial charge < -0.3 is 8.83 Å². The highest BCUT2D eigenvalue weighted by atomic mass is 16.3. The molecule has 7 aromatic carbocycles. The van der Waals surface area contributed by atoms with Crippen molar-refractivity contribution in [3.8, 4) is 17.2 Å². The van der Waals surface area contributed by atoms with Gasteiger partial charge in [-0.3, -0.25) is 4.57 Å². The molecule has 0 amide bonds. The molecule has 4 aromatic heterocycles. The first kappa shape index (κ1) is 27.1. The fourth-order valence-electron chi connectivity index (χ4n) is 8.70. The van der Waals surface area contributed by atoms with E-state index in [1.807, 2.05) is 18.2 Å². The Morgan fingerprint density at radius 2 is 1.25 bits per heavy atom. The minimum absolute atomic E-state index is 0.643. The van der Waals surface area contributed by atoms with Gasteiger partial charge in [0.15, 0.2) is 0 Å². The van der Waals surface area contributed by atoms with Crippen molar-refractivity contribution in [2.24, 2.45) is 0 Å². The Morgan fingerprint density at radius 3 is 2.12 bits per heavy atom. The largest absolute Gasteiger partial charge is 0.456 e. The standard InChI is InChI=1S/C46H27N3O2/c1-2-13-27(14-3-1)42-33-23-22-26-12-4-5-15-28(26)43(33)48-46(47-42)49-34-19-9-6-16-29(34)41-44(49)32-24-25-37-38(30-17-7-10-20-35(30)50-37)39(32)40-31-18-8-11-21-36(31)51-45(40)41/h1-4,6-14,16-25H,5,15H2. The van der Waals surface area contributed by atoms with Crippen molar-refractivity contribution in [3.05, 3.63) is 145 Å². The lowest BCUT2D eigenvalue weighted by atomic mass is 9.93. The van der Waals surface area contributed by atoms with Gasteiger partial charge in [-0.15, -0.1) is 0 Å². The number of aryl methyl sites for hydroxylation is 1. The van der Waals surface area contributed by atoms with Crippen LogP contribution in [0.1, 0.15) is 17.5 Å². The zero-order valence-electron chi connectivity index (χ0n) is 27.4. The second-order valence-corrected chi connectivity index (χ2v) is 13.5. The molecule has 0 spiro atoms. The Hall–Kier alpha value is -6.72. The van der Waals surface area contributed by atoms with Crippen LogP contribution >= 0.6 is 0 Å². The molecule has 238 valence electrons. The van der Waals surface area contributed by atoms with Crippen molar-refractivity contribution < 1.29 is 8.83 Å². The fraction of sp³-hybridized carbons (Fsp3) is 0.0435. The monoisotopic (exact) mass is 653 g/mol. The molecule has 0 saturated heterocycles. The quantitative estimate of drug-likeness (QED) is 0.186. The predicted octanol–water partition coefficient (Wildman–Crippen LogP) is 12.3. The molecule has 0 N–H and O–H groups in total. The molecule has 0 fully saturated rings. The van der Waals surface area contributed by atoms with Crippen molar-refractivity contribution >= 4 is 93.4 Å². The number of para-hydroxylation sites is 3. The molecule has 1 aliphatic rings. The number of furan rings is 2. The van der Waals surface area contributed by atoms with E-state index in [9.17, 15) is 0 Å². The predicted molar refractivity (Wildman–Crippen MR) is 209 cm³/mol. The molecule has 0 aliphatic heterocycles. The first-order valence-corrected chi connectivity index (χ1v) is 17.5. The molecule has 11 aromatic rings. The van der Waals surface area contributed by atoms with Crippen molar-refractivity contribution in [1.82, 2.24) is 14.5 Å². The molecule has 5 nitrogen and oxygen atoms in total. The summed E-state index contributed by atoms with van der Waals surface area (Å²) < 4.78 is 15.7. The number of rotatable bonds is 2. The Bertz CT molecular complexity index is 3310. The van der Waals surface area contributed by atoms with E-state index >= 15 is 0 Å². The Morgan fingerprint density at radius 1 is 0.529 bits per heavy atom. The van der Waals surface area contributed by atoms with Crippen LogP contribution in [0, 0.1) is 0 Å². The summed E-state index contributed by atoms with van der Waals surface area (Å²) in [4.78, 5) is 11.0. The lowest BCUT2D eigenvalue weighted by Gasteiger charge is -2.17. The Balaban J connectivity index is 1.34. The van der Waals surface area contributed by atoms with E-state index in [-0.39, 0.29) is 0 Å². The van der Waals surface area contributed by atoms with Crippen molar-refractivity contribution in [2.75, 3.05) is 0 Å². The van der Waals surface area contributed by atoms with E-state index in [0.29, 0.717) is 5.95 Å². The van der Waals surface area contributed by atoms with E-state index < -0.39 is 0 Å². The Kier molecular flexibility index (Phi) is 5.28. The van der Waals surface area contributed by atoms with Gasteiger partial charge in [0.25, 0.3) is 0 Å². The van der Waals surface area contributed by atoms with Crippen LogP contribution in [0.15, 0.2) is 142 Å².